The number of carbonyl (C=O) groups is 3. The van der Waals surface area contributed by atoms with E-state index in [1.54, 1.807) is 35.2 Å². The standard InChI is InChI=1S/C19H24N4O4/c1-12(24)27-17(25)6-2-5-16(20)15-4-3-11-23(19(15)26)14-9-7-13(8-10-14)18(21)22/h5,7-10,15H,2-4,6,11,20H2,1H3,(H3,21,22). The van der Waals surface area contributed by atoms with Crippen LogP contribution < -0.4 is 16.4 Å². The molecule has 1 aromatic carbocycles. The second kappa shape index (κ2) is 8.98. The van der Waals surface area contributed by atoms with Crippen LogP contribution in [-0.4, -0.2) is 30.2 Å². The Balaban J connectivity index is 2.02. The number of ether oxygens (including phenoxy) is 1. The molecule has 2 rings (SSSR count). The van der Waals surface area contributed by atoms with Crippen LogP contribution in [0.2, 0.25) is 0 Å². The van der Waals surface area contributed by atoms with E-state index in [4.69, 9.17) is 16.9 Å². The third kappa shape index (κ3) is 5.40. The van der Waals surface area contributed by atoms with Gasteiger partial charge in [0.25, 0.3) is 0 Å². The Bertz CT molecular complexity index is 770. The first kappa shape index (κ1) is 20.2. The molecule has 8 nitrogen and oxygen atoms in total. The fourth-order valence-corrected chi connectivity index (χ4v) is 2.97. The molecule has 5 N–H and O–H groups in total. The summed E-state index contributed by atoms with van der Waals surface area (Å²) >= 11 is 0. The summed E-state index contributed by atoms with van der Waals surface area (Å²) in [6, 6.07) is 6.92. The van der Waals surface area contributed by atoms with E-state index in [2.05, 4.69) is 4.74 Å². The number of hydrogen-bond acceptors (Lipinski definition) is 6. The fourth-order valence-electron chi connectivity index (χ4n) is 2.97. The lowest BCUT2D eigenvalue weighted by atomic mass is 9.92. The molecule has 27 heavy (non-hydrogen) atoms. The molecule has 1 fully saturated rings. The van der Waals surface area contributed by atoms with Crippen molar-refractivity contribution in [1.82, 2.24) is 0 Å². The van der Waals surface area contributed by atoms with Crippen molar-refractivity contribution in [3.8, 4) is 0 Å². The molecule has 0 bridgehead atoms. The Kier molecular flexibility index (Phi) is 6.70. The number of anilines is 1. The maximum absolute atomic E-state index is 12.8. The number of piperidine rings is 1. The third-order valence-electron chi connectivity index (χ3n) is 4.32. The second-order valence-electron chi connectivity index (χ2n) is 6.35. The fraction of sp³-hybridized carbons (Fsp3) is 0.368. The van der Waals surface area contributed by atoms with Gasteiger partial charge in [-0.3, -0.25) is 19.8 Å². The van der Waals surface area contributed by atoms with Gasteiger partial charge in [0.05, 0.1) is 5.92 Å². The van der Waals surface area contributed by atoms with Crippen LogP contribution in [-0.2, 0) is 19.1 Å². The molecule has 144 valence electrons. The summed E-state index contributed by atoms with van der Waals surface area (Å²) in [7, 11) is 0. The highest BCUT2D eigenvalue weighted by Gasteiger charge is 2.31. The lowest BCUT2D eigenvalue weighted by Crippen LogP contribution is -2.43. The molecule has 1 amide bonds. The highest BCUT2D eigenvalue weighted by molar-refractivity contribution is 5.99. The van der Waals surface area contributed by atoms with Crippen LogP contribution in [0.1, 0.15) is 38.2 Å². The predicted octanol–water partition coefficient (Wildman–Crippen LogP) is 1.43. The molecule has 1 saturated heterocycles. The number of esters is 2. The first-order chi connectivity index (χ1) is 12.8. The molecule has 1 heterocycles. The zero-order chi connectivity index (χ0) is 20.0. The molecule has 0 spiro atoms. The van der Waals surface area contributed by atoms with Gasteiger partial charge in [-0.05, 0) is 43.5 Å². The van der Waals surface area contributed by atoms with Gasteiger partial charge in [0.15, 0.2) is 0 Å². The van der Waals surface area contributed by atoms with Gasteiger partial charge in [0, 0.05) is 36.8 Å². The number of amidine groups is 1. The first-order valence-corrected chi connectivity index (χ1v) is 8.72. The molecule has 1 aliphatic rings. The number of hydrogen-bond donors (Lipinski definition) is 3. The van der Waals surface area contributed by atoms with Gasteiger partial charge in [-0.2, -0.15) is 0 Å². The minimum Gasteiger partial charge on any atom is -0.402 e. The van der Waals surface area contributed by atoms with Gasteiger partial charge in [-0.15, -0.1) is 0 Å². The number of rotatable bonds is 6. The van der Waals surface area contributed by atoms with Crippen LogP contribution in [0, 0.1) is 11.3 Å². The normalized spacial score (nSPS) is 17.5. The molecular formula is C19H24N4O4. The first-order valence-electron chi connectivity index (χ1n) is 8.72. The summed E-state index contributed by atoms with van der Waals surface area (Å²) in [5.41, 5.74) is 13.3. The number of amides is 1. The van der Waals surface area contributed by atoms with Crippen LogP contribution in [0.4, 0.5) is 5.69 Å². The number of nitrogens with one attached hydrogen (secondary N) is 1. The molecule has 1 aliphatic heterocycles. The summed E-state index contributed by atoms with van der Waals surface area (Å²) in [6.07, 6.45) is 3.41. The molecule has 0 aliphatic carbocycles. The molecule has 0 saturated carbocycles. The van der Waals surface area contributed by atoms with Gasteiger partial charge in [0.1, 0.15) is 5.84 Å². The lowest BCUT2D eigenvalue weighted by molar-refractivity contribution is -0.157. The minimum atomic E-state index is -0.647. The van der Waals surface area contributed by atoms with Crippen molar-refractivity contribution in [2.24, 2.45) is 17.4 Å². The molecule has 1 atom stereocenters. The maximum atomic E-state index is 12.8. The number of benzene rings is 1. The van der Waals surface area contributed by atoms with E-state index in [0.29, 0.717) is 30.6 Å². The molecule has 1 unspecified atom stereocenters. The van der Waals surface area contributed by atoms with Crippen molar-refractivity contribution >= 4 is 29.4 Å². The van der Waals surface area contributed by atoms with E-state index in [1.807, 2.05) is 0 Å². The van der Waals surface area contributed by atoms with Crippen molar-refractivity contribution in [3.05, 3.63) is 41.6 Å². The van der Waals surface area contributed by atoms with E-state index in [0.717, 1.165) is 12.1 Å². The van der Waals surface area contributed by atoms with Crippen molar-refractivity contribution in [1.29, 1.82) is 5.41 Å². The summed E-state index contributed by atoms with van der Waals surface area (Å²) in [5.74, 6) is -1.84. The van der Waals surface area contributed by atoms with Crippen molar-refractivity contribution in [2.75, 3.05) is 11.4 Å². The number of nitrogens with zero attached hydrogens (tertiary/aromatic N) is 1. The Labute approximate surface area is 157 Å². The Hall–Kier alpha value is -3.16. The zero-order valence-corrected chi connectivity index (χ0v) is 15.2. The van der Waals surface area contributed by atoms with Crippen molar-refractivity contribution in [2.45, 2.75) is 32.6 Å². The minimum absolute atomic E-state index is 0.0252. The van der Waals surface area contributed by atoms with Crippen molar-refractivity contribution < 1.29 is 19.1 Å². The van der Waals surface area contributed by atoms with Crippen LogP contribution >= 0.6 is 0 Å². The SMILES string of the molecule is CC(=O)OC(=O)CCC=C(N)C1CCCN(c2ccc(C(=N)N)cc2)C1=O. The van der Waals surface area contributed by atoms with E-state index in [9.17, 15) is 14.4 Å². The summed E-state index contributed by atoms with van der Waals surface area (Å²) in [4.78, 5) is 36.6. The van der Waals surface area contributed by atoms with Crippen LogP contribution in [0.5, 0.6) is 0 Å². The second-order valence-corrected chi connectivity index (χ2v) is 6.35. The molecular weight excluding hydrogens is 348 g/mol. The van der Waals surface area contributed by atoms with Crippen LogP contribution in [0.15, 0.2) is 36.0 Å². The van der Waals surface area contributed by atoms with Gasteiger partial charge in [0.2, 0.25) is 5.91 Å². The lowest BCUT2D eigenvalue weighted by Gasteiger charge is -2.32. The summed E-state index contributed by atoms with van der Waals surface area (Å²) in [5, 5.41) is 7.43. The largest absolute Gasteiger partial charge is 0.402 e. The molecule has 0 aromatic heterocycles. The van der Waals surface area contributed by atoms with Gasteiger partial charge >= 0.3 is 11.9 Å². The van der Waals surface area contributed by atoms with E-state index >= 15 is 0 Å². The van der Waals surface area contributed by atoms with Gasteiger partial charge in [-0.25, -0.2) is 0 Å². The van der Waals surface area contributed by atoms with Crippen molar-refractivity contribution in [3.63, 3.8) is 0 Å². The predicted molar refractivity (Wildman–Crippen MR) is 101 cm³/mol. The molecule has 0 radical (unpaired) electrons. The quantitative estimate of drug-likeness (QED) is 0.299. The number of carbonyl (C=O) groups excluding carboxylic acids is 3. The highest BCUT2D eigenvalue weighted by Crippen LogP contribution is 2.27. The average Bonchev–Trinajstić information content (AvgIpc) is 2.61. The number of allylic oxidation sites excluding steroid dienone is 1. The Morgan fingerprint density at radius 3 is 2.56 bits per heavy atom. The molecule has 1 aromatic rings. The summed E-state index contributed by atoms with van der Waals surface area (Å²) < 4.78 is 4.45. The van der Waals surface area contributed by atoms with Gasteiger partial charge in [-0.1, -0.05) is 6.08 Å². The highest BCUT2D eigenvalue weighted by atomic mass is 16.6. The smallest absolute Gasteiger partial charge is 0.313 e. The average molecular weight is 372 g/mol. The van der Waals surface area contributed by atoms with E-state index < -0.39 is 17.9 Å². The van der Waals surface area contributed by atoms with Crippen LogP contribution in [0.25, 0.3) is 0 Å². The Morgan fingerprint density at radius 2 is 1.96 bits per heavy atom. The number of nitrogens with two attached hydrogens (primary N) is 2. The molecule has 8 heteroatoms. The zero-order valence-electron chi connectivity index (χ0n) is 15.2. The summed E-state index contributed by atoms with van der Waals surface area (Å²) in [6.45, 7) is 1.76. The van der Waals surface area contributed by atoms with Crippen LogP contribution in [0.3, 0.4) is 0 Å². The Morgan fingerprint density at radius 1 is 1.30 bits per heavy atom. The van der Waals surface area contributed by atoms with E-state index in [-0.39, 0.29) is 18.2 Å². The van der Waals surface area contributed by atoms with Gasteiger partial charge < -0.3 is 21.1 Å². The third-order valence-corrected chi connectivity index (χ3v) is 4.32. The monoisotopic (exact) mass is 372 g/mol. The maximum Gasteiger partial charge on any atom is 0.313 e. The van der Waals surface area contributed by atoms with E-state index in [1.165, 1.54) is 6.92 Å². The number of nitrogen functional groups attached to an aromatic ring is 1. The topological polar surface area (TPSA) is 140 Å².